The Morgan fingerprint density at radius 2 is 1.60 bits per heavy atom. The van der Waals surface area contributed by atoms with E-state index in [1.54, 1.807) is 32.0 Å². The van der Waals surface area contributed by atoms with Gasteiger partial charge in [-0.1, -0.05) is 30.3 Å². The van der Waals surface area contributed by atoms with E-state index in [0.29, 0.717) is 10.9 Å². The first-order chi connectivity index (χ1) is 16.8. The van der Waals surface area contributed by atoms with Crippen LogP contribution >= 0.6 is 0 Å². The van der Waals surface area contributed by atoms with Crippen LogP contribution < -0.4 is 9.47 Å². The van der Waals surface area contributed by atoms with Crippen molar-refractivity contribution in [3.05, 3.63) is 53.8 Å². The number of carbonyl (C=O) groups is 1. The molecule has 0 saturated heterocycles. The molecule has 0 amide bonds. The molecule has 2 N–H and O–H groups in total. The fourth-order valence-corrected chi connectivity index (χ4v) is 4.08. The van der Waals surface area contributed by atoms with Gasteiger partial charge in [-0.3, -0.25) is 4.79 Å². The van der Waals surface area contributed by atoms with Crippen LogP contribution in [-0.4, -0.2) is 40.6 Å². The highest BCUT2D eigenvalue weighted by Gasteiger charge is 2.30. The molecule has 7 nitrogen and oxygen atoms in total. The summed E-state index contributed by atoms with van der Waals surface area (Å²) in [6.07, 6.45) is -0.178. The molecular formula is C25H22F3NO6. The number of fused-ring (bicyclic) bond motifs is 2. The molecule has 0 radical (unpaired) electrons. The number of esters is 1. The van der Waals surface area contributed by atoms with Crippen molar-refractivity contribution in [1.82, 2.24) is 4.57 Å². The standard InChI is InChI=1S/C25H22F3NO6/c1-3-33-18(30)12-13-9-10-17(16(26)11-13)29-23(31)19-20(24(29)32)22(35-25(27)28)15-8-6-5-7-14(15)21(19)34-4-2/h5-11,25,31-32H,3-4,12H2,1-2H3. The summed E-state index contributed by atoms with van der Waals surface area (Å²) in [6, 6.07) is 10.1. The Hall–Kier alpha value is -4.08. The monoisotopic (exact) mass is 489 g/mol. The Labute approximate surface area is 197 Å². The number of alkyl halides is 2. The zero-order valence-corrected chi connectivity index (χ0v) is 18.8. The number of aromatic nitrogens is 1. The van der Waals surface area contributed by atoms with E-state index in [0.717, 1.165) is 10.6 Å². The average molecular weight is 489 g/mol. The number of rotatable bonds is 8. The zero-order valence-electron chi connectivity index (χ0n) is 18.8. The molecule has 0 aliphatic carbocycles. The number of carbonyl (C=O) groups excluding carboxylic acids is 1. The van der Waals surface area contributed by atoms with Crippen molar-refractivity contribution in [2.45, 2.75) is 26.9 Å². The van der Waals surface area contributed by atoms with Crippen molar-refractivity contribution in [3.63, 3.8) is 0 Å². The first kappa shape index (κ1) is 24.1. The van der Waals surface area contributed by atoms with Gasteiger partial charge in [0.25, 0.3) is 0 Å². The minimum Gasteiger partial charge on any atom is -0.494 e. The third kappa shape index (κ3) is 4.27. The van der Waals surface area contributed by atoms with Crippen LogP contribution in [0, 0.1) is 5.82 Å². The Bertz CT molecular complexity index is 1420. The quantitative estimate of drug-likeness (QED) is 0.321. The van der Waals surface area contributed by atoms with E-state index in [2.05, 4.69) is 0 Å². The minimum absolute atomic E-state index is 0.116. The number of hydrogen-bond acceptors (Lipinski definition) is 6. The summed E-state index contributed by atoms with van der Waals surface area (Å²) in [5, 5.41) is 22.3. The molecule has 0 spiro atoms. The molecule has 0 saturated carbocycles. The Morgan fingerprint density at radius 1 is 0.971 bits per heavy atom. The summed E-state index contributed by atoms with van der Waals surface area (Å²) >= 11 is 0. The summed E-state index contributed by atoms with van der Waals surface area (Å²) in [5.74, 6) is -3.05. The minimum atomic E-state index is -3.23. The van der Waals surface area contributed by atoms with Crippen LogP contribution in [0.2, 0.25) is 0 Å². The molecule has 184 valence electrons. The zero-order chi connectivity index (χ0) is 25.3. The smallest absolute Gasteiger partial charge is 0.387 e. The van der Waals surface area contributed by atoms with Crippen molar-refractivity contribution in [3.8, 4) is 28.9 Å². The van der Waals surface area contributed by atoms with E-state index < -0.39 is 30.2 Å². The van der Waals surface area contributed by atoms with Crippen LogP contribution in [0.5, 0.6) is 23.3 Å². The van der Waals surface area contributed by atoms with Gasteiger partial charge in [0.15, 0.2) is 0 Å². The fraction of sp³-hybridized carbons (Fsp3) is 0.240. The second-order valence-corrected chi connectivity index (χ2v) is 7.52. The van der Waals surface area contributed by atoms with Gasteiger partial charge in [-0.25, -0.2) is 8.96 Å². The number of nitrogens with zero attached hydrogens (tertiary/aromatic N) is 1. The van der Waals surface area contributed by atoms with Crippen LogP contribution in [0.1, 0.15) is 19.4 Å². The number of halogens is 3. The molecule has 35 heavy (non-hydrogen) atoms. The Morgan fingerprint density at radius 3 is 2.17 bits per heavy atom. The lowest BCUT2D eigenvalue weighted by molar-refractivity contribution is -0.142. The molecule has 4 rings (SSSR count). The van der Waals surface area contributed by atoms with Crippen LogP contribution in [-0.2, 0) is 16.0 Å². The fourth-order valence-electron chi connectivity index (χ4n) is 4.08. The largest absolute Gasteiger partial charge is 0.494 e. The van der Waals surface area contributed by atoms with Crippen LogP contribution in [0.3, 0.4) is 0 Å². The molecule has 0 atom stereocenters. The molecule has 1 aromatic heterocycles. The van der Waals surface area contributed by atoms with Gasteiger partial charge in [-0.05, 0) is 31.5 Å². The lowest BCUT2D eigenvalue weighted by Crippen LogP contribution is -2.08. The number of aromatic hydroxyl groups is 2. The predicted octanol–water partition coefficient (Wildman–Crippen LogP) is 5.44. The molecule has 0 unspecified atom stereocenters. The highest BCUT2D eigenvalue weighted by molar-refractivity contribution is 6.15. The van der Waals surface area contributed by atoms with Gasteiger partial charge in [0.2, 0.25) is 11.8 Å². The summed E-state index contributed by atoms with van der Waals surface area (Å²) in [7, 11) is 0. The van der Waals surface area contributed by atoms with Gasteiger partial charge >= 0.3 is 12.6 Å². The highest BCUT2D eigenvalue weighted by atomic mass is 19.3. The maximum atomic E-state index is 15.1. The summed E-state index contributed by atoms with van der Waals surface area (Å²) < 4.78 is 57.9. The number of benzene rings is 3. The average Bonchev–Trinajstić information content (AvgIpc) is 3.06. The Balaban J connectivity index is 2.00. The maximum Gasteiger partial charge on any atom is 0.387 e. The predicted molar refractivity (Wildman–Crippen MR) is 122 cm³/mol. The highest BCUT2D eigenvalue weighted by Crippen LogP contribution is 2.52. The van der Waals surface area contributed by atoms with Gasteiger partial charge in [0, 0.05) is 10.8 Å². The van der Waals surface area contributed by atoms with Crippen molar-refractivity contribution >= 4 is 27.5 Å². The second-order valence-electron chi connectivity index (χ2n) is 7.52. The van der Waals surface area contributed by atoms with Gasteiger partial charge in [-0.15, -0.1) is 0 Å². The third-order valence-electron chi connectivity index (χ3n) is 5.39. The van der Waals surface area contributed by atoms with Gasteiger partial charge in [-0.2, -0.15) is 8.78 Å². The lowest BCUT2D eigenvalue weighted by Gasteiger charge is -2.14. The second kappa shape index (κ2) is 9.65. The van der Waals surface area contributed by atoms with E-state index in [-0.39, 0.29) is 53.0 Å². The van der Waals surface area contributed by atoms with E-state index in [9.17, 15) is 23.8 Å². The Kier molecular flexibility index (Phi) is 6.63. The summed E-state index contributed by atoms with van der Waals surface area (Å²) in [5.41, 5.74) is 0.0289. The van der Waals surface area contributed by atoms with Gasteiger partial charge in [0.05, 0.1) is 36.1 Å². The molecular weight excluding hydrogens is 467 g/mol. The summed E-state index contributed by atoms with van der Waals surface area (Å²) in [6.45, 7) is 0.450. The first-order valence-corrected chi connectivity index (χ1v) is 10.8. The normalized spacial score (nSPS) is 11.4. The number of hydrogen-bond donors (Lipinski definition) is 2. The third-order valence-corrected chi connectivity index (χ3v) is 5.39. The number of ether oxygens (including phenoxy) is 3. The molecule has 0 aliphatic heterocycles. The van der Waals surface area contributed by atoms with E-state index in [4.69, 9.17) is 14.2 Å². The van der Waals surface area contributed by atoms with Gasteiger partial charge < -0.3 is 24.4 Å². The molecule has 1 heterocycles. The molecule has 0 aliphatic rings. The van der Waals surface area contributed by atoms with Crippen LogP contribution in [0.4, 0.5) is 13.2 Å². The summed E-state index contributed by atoms with van der Waals surface area (Å²) in [4.78, 5) is 11.7. The van der Waals surface area contributed by atoms with Crippen molar-refractivity contribution in [2.24, 2.45) is 0 Å². The van der Waals surface area contributed by atoms with E-state index >= 15 is 4.39 Å². The molecule has 0 fully saturated rings. The molecule has 4 aromatic rings. The van der Waals surface area contributed by atoms with Crippen molar-refractivity contribution in [2.75, 3.05) is 13.2 Å². The van der Waals surface area contributed by atoms with Crippen LogP contribution in [0.15, 0.2) is 42.5 Å². The van der Waals surface area contributed by atoms with Crippen molar-refractivity contribution in [1.29, 1.82) is 0 Å². The molecule has 0 bridgehead atoms. The van der Waals surface area contributed by atoms with Gasteiger partial charge in [0.1, 0.15) is 17.3 Å². The first-order valence-electron chi connectivity index (χ1n) is 10.8. The topological polar surface area (TPSA) is 90.2 Å². The molecule has 3 aromatic carbocycles. The van der Waals surface area contributed by atoms with E-state index in [1.807, 2.05) is 0 Å². The van der Waals surface area contributed by atoms with Crippen molar-refractivity contribution < 1.29 is 42.4 Å². The van der Waals surface area contributed by atoms with Crippen LogP contribution in [0.25, 0.3) is 27.2 Å². The maximum absolute atomic E-state index is 15.1. The van der Waals surface area contributed by atoms with E-state index in [1.165, 1.54) is 18.2 Å². The SMILES string of the molecule is CCOC(=O)Cc1ccc(-n2c(O)c3c(OCC)c4ccccc4c(OC(F)F)c3c2O)c(F)c1. The molecule has 10 heteroatoms. The lowest BCUT2D eigenvalue weighted by atomic mass is 10.0.